The van der Waals surface area contributed by atoms with E-state index in [9.17, 15) is 9.90 Å². The van der Waals surface area contributed by atoms with Gasteiger partial charge >= 0.3 is 5.97 Å². The third-order valence-electron chi connectivity index (χ3n) is 4.57. The zero-order valence-electron chi connectivity index (χ0n) is 11.2. The van der Waals surface area contributed by atoms with Gasteiger partial charge in [-0.05, 0) is 42.6 Å². The van der Waals surface area contributed by atoms with Gasteiger partial charge in [-0.3, -0.25) is 4.79 Å². The fraction of sp³-hybridized carbons (Fsp3) is 0.562. The van der Waals surface area contributed by atoms with E-state index in [2.05, 4.69) is 18.2 Å². The van der Waals surface area contributed by atoms with Crippen LogP contribution >= 0.6 is 11.8 Å². The molecule has 1 aromatic carbocycles. The molecule has 1 heterocycles. The maximum absolute atomic E-state index is 12.0. The van der Waals surface area contributed by atoms with Crippen LogP contribution in [-0.4, -0.2) is 16.8 Å². The van der Waals surface area contributed by atoms with Gasteiger partial charge in [-0.25, -0.2) is 0 Å². The minimum absolute atomic E-state index is 0.617. The highest BCUT2D eigenvalue weighted by Crippen LogP contribution is 2.46. The monoisotopic (exact) mass is 276 g/mol. The van der Waals surface area contributed by atoms with Crippen LogP contribution in [0.15, 0.2) is 23.1 Å². The van der Waals surface area contributed by atoms with Gasteiger partial charge < -0.3 is 5.11 Å². The number of benzene rings is 1. The molecule has 1 N–H and O–H groups in total. The van der Waals surface area contributed by atoms with E-state index in [1.807, 2.05) is 11.8 Å². The second-order valence-electron chi connectivity index (χ2n) is 5.69. The summed E-state index contributed by atoms with van der Waals surface area (Å²) in [5, 5.41) is 9.83. The molecule has 3 heteroatoms. The third-order valence-corrected chi connectivity index (χ3v) is 5.83. The first-order valence-corrected chi connectivity index (χ1v) is 8.21. The molecular formula is C16H20O2S. The highest BCUT2D eigenvalue weighted by Gasteiger charge is 2.43. The lowest BCUT2D eigenvalue weighted by molar-refractivity contribution is -0.145. The van der Waals surface area contributed by atoms with E-state index in [4.69, 9.17) is 0 Å². The van der Waals surface area contributed by atoms with E-state index in [-0.39, 0.29) is 0 Å². The van der Waals surface area contributed by atoms with E-state index >= 15 is 0 Å². The zero-order valence-corrected chi connectivity index (χ0v) is 12.0. The molecule has 1 aliphatic carbocycles. The Morgan fingerprint density at radius 3 is 2.68 bits per heavy atom. The van der Waals surface area contributed by atoms with Gasteiger partial charge in [0.05, 0.1) is 5.41 Å². The van der Waals surface area contributed by atoms with Crippen molar-refractivity contribution >= 4 is 17.7 Å². The first kappa shape index (κ1) is 13.0. The third kappa shape index (κ3) is 2.18. The molecule has 3 rings (SSSR count). The molecule has 0 saturated heterocycles. The molecule has 0 bridgehead atoms. The lowest BCUT2D eigenvalue weighted by Crippen LogP contribution is -2.38. The molecule has 2 aliphatic rings. The summed E-state index contributed by atoms with van der Waals surface area (Å²) in [7, 11) is 0. The van der Waals surface area contributed by atoms with Gasteiger partial charge in [-0.15, -0.1) is 11.8 Å². The number of hydrogen-bond donors (Lipinski definition) is 1. The first-order chi connectivity index (χ1) is 9.24. The van der Waals surface area contributed by atoms with Crippen LogP contribution in [0.1, 0.15) is 49.7 Å². The Morgan fingerprint density at radius 2 is 1.95 bits per heavy atom. The number of hydrogen-bond acceptors (Lipinski definition) is 2. The molecule has 0 spiro atoms. The second-order valence-corrected chi connectivity index (χ2v) is 6.80. The molecular weight excluding hydrogens is 256 g/mol. The highest BCUT2D eigenvalue weighted by molar-refractivity contribution is 7.99. The van der Waals surface area contributed by atoms with Crippen LogP contribution in [0, 0.1) is 0 Å². The van der Waals surface area contributed by atoms with E-state index in [1.54, 1.807) is 0 Å². The topological polar surface area (TPSA) is 37.3 Å². The number of aryl methyl sites for hydroxylation is 1. The van der Waals surface area contributed by atoms with Crippen molar-refractivity contribution in [3.05, 3.63) is 29.3 Å². The van der Waals surface area contributed by atoms with Crippen molar-refractivity contribution in [1.29, 1.82) is 0 Å². The van der Waals surface area contributed by atoms with Crippen LogP contribution in [0.5, 0.6) is 0 Å². The summed E-state index contributed by atoms with van der Waals surface area (Å²) >= 11 is 1.86. The Kier molecular flexibility index (Phi) is 3.57. The fourth-order valence-electron chi connectivity index (χ4n) is 3.52. The summed E-state index contributed by atoms with van der Waals surface area (Å²) in [6.45, 7) is 0. The SMILES string of the molecule is O=C(O)C1(c2cccc3c2SCCC3)CCCCC1. The summed E-state index contributed by atoms with van der Waals surface area (Å²) in [6, 6.07) is 6.29. The van der Waals surface area contributed by atoms with Crippen molar-refractivity contribution in [2.45, 2.75) is 55.3 Å². The fourth-order valence-corrected chi connectivity index (χ4v) is 4.79. The van der Waals surface area contributed by atoms with Crippen LogP contribution in [0.3, 0.4) is 0 Å². The van der Waals surface area contributed by atoms with E-state index in [1.165, 1.54) is 23.3 Å². The van der Waals surface area contributed by atoms with Crippen molar-refractivity contribution in [3.63, 3.8) is 0 Å². The van der Waals surface area contributed by atoms with E-state index in [0.29, 0.717) is 0 Å². The maximum Gasteiger partial charge on any atom is 0.314 e. The molecule has 1 aliphatic heterocycles. The van der Waals surface area contributed by atoms with E-state index < -0.39 is 11.4 Å². The average molecular weight is 276 g/mol. The number of fused-ring (bicyclic) bond motifs is 1. The van der Waals surface area contributed by atoms with Gasteiger partial charge in [0.2, 0.25) is 0 Å². The number of rotatable bonds is 2. The van der Waals surface area contributed by atoms with Crippen molar-refractivity contribution < 1.29 is 9.90 Å². The van der Waals surface area contributed by atoms with Crippen LogP contribution in [0.2, 0.25) is 0 Å². The second kappa shape index (κ2) is 5.20. The predicted molar refractivity (Wildman–Crippen MR) is 77.9 cm³/mol. The molecule has 0 unspecified atom stereocenters. The van der Waals surface area contributed by atoms with E-state index in [0.717, 1.165) is 43.4 Å². The van der Waals surface area contributed by atoms with Crippen LogP contribution < -0.4 is 0 Å². The summed E-state index contributed by atoms with van der Waals surface area (Å²) in [5.41, 5.74) is 1.84. The maximum atomic E-state index is 12.0. The predicted octanol–water partition coefficient (Wildman–Crippen LogP) is 4.01. The molecule has 19 heavy (non-hydrogen) atoms. The quantitative estimate of drug-likeness (QED) is 0.886. The summed E-state index contributed by atoms with van der Waals surface area (Å²) < 4.78 is 0. The number of carbonyl (C=O) groups is 1. The number of thioether (sulfide) groups is 1. The van der Waals surface area contributed by atoms with Gasteiger partial charge in [-0.2, -0.15) is 0 Å². The normalized spacial score (nSPS) is 21.7. The van der Waals surface area contributed by atoms with Crippen molar-refractivity contribution in [2.24, 2.45) is 0 Å². The minimum Gasteiger partial charge on any atom is -0.481 e. The van der Waals surface area contributed by atoms with Gasteiger partial charge in [-0.1, -0.05) is 37.5 Å². The summed E-state index contributed by atoms with van der Waals surface area (Å²) in [4.78, 5) is 13.2. The minimum atomic E-state index is -0.619. The van der Waals surface area contributed by atoms with Gasteiger partial charge in [0, 0.05) is 4.90 Å². The lowest BCUT2D eigenvalue weighted by Gasteiger charge is -2.36. The Bertz CT molecular complexity index is 490. The van der Waals surface area contributed by atoms with Gasteiger partial charge in [0.15, 0.2) is 0 Å². The van der Waals surface area contributed by atoms with Crippen LogP contribution in [0.4, 0.5) is 0 Å². The first-order valence-electron chi connectivity index (χ1n) is 7.23. The zero-order chi connectivity index (χ0) is 13.3. The highest BCUT2D eigenvalue weighted by atomic mass is 32.2. The van der Waals surface area contributed by atoms with Gasteiger partial charge in [0.1, 0.15) is 0 Å². The Labute approximate surface area is 118 Å². The molecule has 0 radical (unpaired) electrons. The molecule has 1 fully saturated rings. The molecule has 102 valence electrons. The average Bonchev–Trinajstić information content (AvgIpc) is 2.47. The lowest BCUT2D eigenvalue weighted by atomic mass is 9.69. The Hall–Kier alpha value is -0.960. The summed E-state index contributed by atoms with van der Waals surface area (Å²) in [5.74, 6) is 0.506. The standard InChI is InChI=1S/C16H20O2S/c17-15(18)16(9-2-1-3-10-16)13-8-4-6-12-7-5-11-19-14(12)13/h4,6,8H,1-3,5,7,9-11H2,(H,17,18). The molecule has 1 saturated carbocycles. The van der Waals surface area contributed by atoms with Gasteiger partial charge in [0.25, 0.3) is 0 Å². The summed E-state index contributed by atoms with van der Waals surface area (Å²) in [6.07, 6.45) is 7.18. The molecule has 1 aromatic rings. The largest absolute Gasteiger partial charge is 0.481 e. The van der Waals surface area contributed by atoms with Crippen LogP contribution in [-0.2, 0) is 16.6 Å². The molecule has 0 atom stereocenters. The van der Waals surface area contributed by atoms with Crippen molar-refractivity contribution in [3.8, 4) is 0 Å². The molecule has 0 aromatic heterocycles. The molecule has 2 nitrogen and oxygen atoms in total. The number of carboxylic acid groups (broad SMARTS) is 1. The Balaban J connectivity index is 2.10. The molecule has 0 amide bonds. The van der Waals surface area contributed by atoms with Crippen molar-refractivity contribution in [2.75, 3.05) is 5.75 Å². The van der Waals surface area contributed by atoms with Crippen LogP contribution in [0.25, 0.3) is 0 Å². The van der Waals surface area contributed by atoms with Crippen molar-refractivity contribution in [1.82, 2.24) is 0 Å². The smallest absolute Gasteiger partial charge is 0.314 e. The number of aliphatic carboxylic acids is 1. The Morgan fingerprint density at radius 1 is 1.16 bits per heavy atom. The number of carboxylic acids is 1.